The molecule has 4 heteroatoms. The van der Waals surface area contributed by atoms with Crippen LogP contribution in [0.4, 0.5) is 14.5 Å². The van der Waals surface area contributed by atoms with Crippen molar-refractivity contribution in [3.05, 3.63) is 29.8 Å². The summed E-state index contributed by atoms with van der Waals surface area (Å²) in [4.78, 5) is 2.05. The Kier molecular flexibility index (Phi) is 3.57. The average Bonchev–Trinajstić information content (AvgIpc) is 2.30. The maximum atomic E-state index is 13.2. The van der Waals surface area contributed by atoms with Gasteiger partial charge in [-0.2, -0.15) is 0 Å². The van der Waals surface area contributed by atoms with Crippen LogP contribution in [0.25, 0.3) is 0 Å². The maximum Gasteiger partial charge on any atom is 0.160 e. The normalized spacial score (nSPS) is 22.8. The van der Waals surface area contributed by atoms with E-state index >= 15 is 0 Å². The van der Waals surface area contributed by atoms with Crippen LogP contribution in [0.5, 0.6) is 0 Å². The van der Waals surface area contributed by atoms with Gasteiger partial charge in [-0.15, -0.1) is 0 Å². The molecule has 1 aliphatic rings. The van der Waals surface area contributed by atoms with E-state index in [0.29, 0.717) is 6.04 Å². The molecule has 1 atom stereocenters. The summed E-state index contributed by atoms with van der Waals surface area (Å²) in [7, 11) is 1.94. The highest BCUT2D eigenvalue weighted by molar-refractivity contribution is 5.47. The Morgan fingerprint density at radius 3 is 2.61 bits per heavy atom. The lowest BCUT2D eigenvalue weighted by atomic mass is 9.88. The van der Waals surface area contributed by atoms with E-state index in [1.165, 1.54) is 12.1 Å². The number of piperidine rings is 1. The largest absolute Gasteiger partial charge is 0.371 e. The van der Waals surface area contributed by atoms with E-state index in [0.717, 1.165) is 25.1 Å². The fourth-order valence-corrected chi connectivity index (χ4v) is 2.59. The minimum absolute atomic E-state index is 0.0930. The number of rotatable bonds is 2. The van der Waals surface area contributed by atoms with Crippen LogP contribution in [0.2, 0.25) is 0 Å². The third-order valence-corrected chi connectivity index (χ3v) is 3.69. The second-order valence-electron chi connectivity index (χ2n) is 5.67. The van der Waals surface area contributed by atoms with Crippen LogP contribution in [0.3, 0.4) is 0 Å². The summed E-state index contributed by atoms with van der Waals surface area (Å²) in [5, 5.41) is 3.45. The van der Waals surface area contributed by atoms with Gasteiger partial charge in [0, 0.05) is 30.4 Å². The first-order valence-electron chi connectivity index (χ1n) is 6.32. The van der Waals surface area contributed by atoms with E-state index in [4.69, 9.17) is 0 Å². The highest BCUT2D eigenvalue weighted by Gasteiger charge is 2.29. The van der Waals surface area contributed by atoms with Crippen molar-refractivity contribution in [1.29, 1.82) is 0 Å². The van der Waals surface area contributed by atoms with E-state index in [2.05, 4.69) is 19.2 Å². The zero-order chi connectivity index (χ0) is 13.3. The van der Waals surface area contributed by atoms with Gasteiger partial charge in [0.25, 0.3) is 0 Å². The van der Waals surface area contributed by atoms with Crippen molar-refractivity contribution in [2.45, 2.75) is 38.3 Å². The fraction of sp³-hybridized carbons (Fsp3) is 0.571. The van der Waals surface area contributed by atoms with Gasteiger partial charge in [-0.1, -0.05) is 0 Å². The first-order valence-corrected chi connectivity index (χ1v) is 6.32. The molecule has 18 heavy (non-hydrogen) atoms. The van der Waals surface area contributed by atoms with E-state index in [9.17, 15) is 8.78 Å². The number of anilines is 1. The number of halogens is 2. The lowest BCUT2D eigenvalue weighted by Crippen LogP contribution is -2.52. The Bertz CT molecular complexity index is 432. The van der Waals surface area contributed by atoms with E-state index in [1.807, 2.05) is 11.9 Å². The molecule has 0 aliphatic carbocycles. The Balaban J connectivity index is 2.15. The van der Waals surface area contributed by atoms with Crippen molar-refractivity contribution in [2.75, 3.05) is 18.5 Å². The number of hydrogen-bond donors (Lipinski definition) is 1. The van der Waals surface area contributed by atoms with E-state index in [1.54, 1.807) is 6.07 Å². The standard InChI is InChI=1S/C14H20F2N2/c1-14(2)9-11(6-7-17-14)18(3)10-4-5-12(15)13(16)8-10/h4-5,8,11,17H,6-7,9H2,1-3H3. The molecule has 0 amide bonds. The zero-order valence-electron chi connectivity index (χ0n) is 11.1. The Hall–Kier alpha value is -1.16. The van der Waals surface area contributed by atoms with Crippen LogP contribution in [-0.4, -0.2) is 25.2 Å². The predicted molar refractivity (Wildman–Crippen MR) is 69.9 cm³/mol. The molecule has 1 aromatic rings. The highest BCUT2D eigenvalue weighted by atomic mass is 19.2. The van der Waals surface area contributed by atoms with Gasteiger partial charge in [0.15, 0.2) is 11.6 Å². The summed E-state index contributed by atoms with van der Waals surface area (Å²) in [6, 6.07) is 4.44. The third kappa shape index (κ3) is 2.80. The van der Waals surface area contributed by atoms with Gasteiger partial charge in [-0.05, 0) is 45.4 Å². The minimum Gasteiger partial charge on any atom is -0.371 e. The monoisotopic (exact) mass is 254 g/mol. The molecule has 1 heterocycles. The summed E-state index contributed by atoms with van der Waals surface area (Å²) in [5.74, 6) is -1.58. The van der Waals surface area contributed by atoms with Crippen molar-refractivity contribution < 1.29 is 8.78 Å². The summed E-state index contributed by atoms with van der Waals surface area (Å²) in [5.41, 5.74) is 0.826. The van der Waals surface area contributed by atoms with E-state index < -0.39 is 11.6 Å². The molecule has 2 rings (SSSR count). The average molecular weight is 254 g/mol. The summed E-state index contributed by atoms with van der Waals surface area (Å²) >= 11 is 0. The van der Waals surface area contributed by atoms with Crippen LogP contribution >= 0.6 is 0 Å². The predicted octanol–water partition coefficient (Wildman–Crippen LogP) is 2.93. The first-order chi connectivity index (χ1) is 8.39. The molecule has 0 spiro atoms. The zero-order valence-corrected chi connectivity index (χ0v) is 11.1. The SMILES string of the molecule is CN(c1ccc(F)c(F)c1)C1CCNC(C)(C)C1. The van der Waals surface area contributed by atoms with E-state index in [-0.39, 0.29) is 5.54 Å². The van der Waals surface area contributed by atoms with Gasteiger partial charge in [0.1, 0.15) is 0 Å². The number of benzene rings is 1. The van der Waals surface area contributed by atoms with Gasteiger partial charge < -0.3 is 10.2 Å². The molecule has 1 aromatic carbocycles. The van der Waals surface area contributed by atoms with Crippen LogP contribution in [-0.2, 0) is 0 Å². The van der Waals surface area contributed by atoms with Crippen LogP contribution < -0.4 is 10.2 Å². The first kappa shape index (κ1) is 13.3. The van der Waals surface area contributed by atoms with Gasteiger partial charge in [0.2, 0.25) is 0 Å². The lowest BCUT2D eigenvalue weighted by molar-refractivity contribution is 0.271. The van der Waals surface area contributed by atoms with Gasteiger partial charge in [-0.3, -0.25) is 0 Å². The molecular weight excluding hydrogens is 234 g/mol. The van der Waals surface area contributed by atoms with Crippen molar-refractivity contribution in [2.24, 2.45) is 0 Å². The molecule has 1 unspecified atom stereocenters. The second-order valence-corrected chi connectivity index (χ2v) is 5.67. The van der Waals surface area contributed by atoms with Gasteiger partial charge in [-0.25, -0.2) is 8.78 Å². The second kappa shape index (κ2) is 4.84. The molecule has 100 valence electrons. The molecular formula is C14H20F2N2. The molecule has 0 aromatic heterocycles. The highest BCUT2D eigenvalue weighted by Crippen LogP contribution is 2.26. The lowest BCUT2D eigenvalue weighted by Gasteiger charge is -2.41. The number of nitrogens with one attached hydrogen (secondary N) is 1. The summed E-state index contributed by atoms with van der Waals surface area (Å²) in [6.45, 7) is 5.28. The quantitative estimate of drug-likeness (QED) is 0.873. The molecule has 1 aliphatic heterocycles. The molecule has 1 fully saturated rings. The minimum atomic E-state index is -0.794. The maximum absolute atomic E-state index is 13.2. The molecule has 0 radical (unpaired) electrons. The van der Waals surface area contributed by atoms with Crippen LogP contribution in [0.1, 0.15) is 26.7 Å². The Morgan fingerprint density at radius 1 is 1.28 bits per heavy atom. The van der Waals surface area contributed by atoms with Crippen LogP contribution in [0.15, 0.2) is 18.2 Å². The Morgan fingerprint density at radius 2 is 2.00 bits per heavy atom. The summed E-state index contributed by atoms with van der Waals surface area (Å²) < 4.78 is 26.2. The van der Waals surface area contributed by atoms with Crippen LogP contribution in [0, 0.1) is 11.6 Å². The van der Waals surface area contributed by atoms with Crippen molar-refractivity contribution in [3.63, 3.8) is 0 Å². The molecule has 0 bridgehead atoms. The third-order valence-electron chi connectivity index (χ3n) is 3.69. The fourth-order valence-electron chi connectivity index (χ4n) is 2.59. The topological polar surface area (TPSA) is 15.3 Å². The van der Waals surface area contributed by atoms with Crippen molar-refractivity contribution in [3.8, 4) is 0 Å². The molecule has 1 saturated heterocycles. The van der Waals surface area contributed by atoms with Crippen molar-refractivity contribution >= 4 is 5.69 Å². The van der Waals surface area contributed by atoms with Gasteiger partial charge >= 0.3 is 0 Å². The molecule has 1 N–H and O–H groups in total. The smallest absolute Gasteiger partial charge is 0.160 e. The van der Waals surface area contributed by atoms with Gasteiger partial charge in [0.05, 0.1) is 0 Å². The molecule has 0 saturated carbocycles. The number of nitrogens with zero attached hydrogens (tertiary/aromatic N) is 1. The molecule has 2 nitrogen and oxygen atoms in total. The van der Waals surface area contributed by atoms with Crippen molar-refractivity contribution in [1.82, 2.24) is 5.32 Å². The Labute approximate surface area is 107 Å². The number of hydrogen-bond acceptors (Lipinski definition) is 2. The summed E-state index contributed by atoms with van der Waals surface area (Å²) in [6.07, 6.45) is 2.00.